The van der Waals surface area contributed by atoms with E-state index in [9.17, 15) is 0 Å². The Morgan fingerprint density at radius 2 is 2.00 bits per heavy atom. The van der Waals surface area contributed by atoms with Gasteiger partial charge in [0.1, 0.15) is 23.3 Å². The molecular formula is C16H17N3O. The van der Waals surface area contributed by atoms with Gasteiger partial charge in [0.25, 0.3) is 0 Å². The number of anilines is 1. The first kappa shape index (κ1) is 13.9. The minimum atomic E-state index is 0.459. The van der Waals surface area contributed by atoms with Crippen LogP contribution in [-0.4, -0.2) is 12.1 Å². The van der Waals surface area contributed by atoms with Crippen molar-refractivity contribution in [3.05, 3.63) is 52.7 Å². The first-order valence-corrected chi connectivity index (χ1v) is 6.39. The fourth-order valence-corrected chi connectivity index (χ4v) is 1.98. The highest BCUT2D eigenvalue weighted by atomic mass is 16.5. The van der Waals surface area contributed by atoms with Crippen LogP contribution in [0.2, 0.25) is 0 Å². The van der Waals surface area contributed by atoms with Gasteiger partial charge in [-0.15, -0.1) is 0 Å². The lowest BCUT2D eigenvalue weighted by Crippen LogP contribution is -2.03. The molecule has 0 spiro atoms. The largest absolute Gasteiger partial charge is 0.496 e. The number of benzene rings is 1. The van der Waals surface area contributed by atoms with E-state index >= 15 is 0 Å². The van der Waals surface area contributed by atoms with Crippen molar-refractivity contribution in [2.45, 2.75) is 20.4 Å². The van der Waals surface area contributed by atoms with Gasteiger partial charge >= 0.3 is 0 Å². The molecule has 1 N–H and O–H groups in total. The first-order chi connectivity index (χ1) is 9.63. The SMILES string of the molecule is COc1ccc(CNc2ccc(C)c(C#N)n2)cc1C. The lowest BCUT2D eigenvalue weighted by atomic mass is 10.1. The Morgan fingerprint density at radius 3 is 2.65 bits per heavy atom. The zero-order valence-electron chi connectivity index (χ0n) is 11.9. The highest BCUT2D eigenvalue weighted by Gasteiger charge is 2.03. The second kappa shape index (κ2) is 6.07. The molecule has 2 rings (SSSR count). The monoisotopic (exact) mass is 267 g/mol. The number of rotatable bonds is 4. The van der Waals surface area contributed by atoms with E-state index in [-0.39, 0.29) is 0 Å². The van der Waals surface area contributed by atoms with Gasteiger partial charge in [0.15, 0.2) is 0 Å². The quantitative estimate of drug-likeness (QED) is 0.924. The molecule has 0 aliphatic carbocycles. The molecule has 4 nitrogen and oxygen atoms in total. The Labute approximate surface area is 119 Å². The molecule has 102 valence electrons. The van der Waals surface area contributed by atoms with Gasteiger partial charge in [-0.3, -0.25) is 0 Å². The van der Waals surface area contributed by atoms with E-state index in [4.69, 9.17) is 10.00 Å². The van der Waals surface area contributed by atoms with Gasteiger partial charge in [0.2, 0.25) is 0 Å². The van der Waals surface area contributed by atoms with E-state index in [1.807, 2.05) is 38.1 Å². The van der Waals surface area contributed by atoms with Crippen LogP contribution in [0.15, 0.2) is 30.3 Å². The fourth-order valence-electron chi connectivity index (χ4n) is 1.98. The number of nitrogens with zero attached hydrogens (tertiary/aromatic N) is 2. The predicted molar refractivity (Wildman–Crippen MR) is 78.7 cm³/mol. The molecule has 4 heteroatoms. The van der Waals surface area contributed by atoms with Crippen molar-refractivity contribution < 1.29 is 4.74 Å². The lowest BCUT2D eigenvalue weighted by Gasteiger charge is -2.09. The predicted octanol–water partition coefficient (Wildman–Crippen LogP) is 3.19. The summed E-state index contributed by atoms with van der Waals surface area (Å²) in [5, 5.41) is 12.2. The van der Waals surface area contributed by atoms with E-state index in [2.05, 4.69) is 22.4 Å². The molecule has 0 atom stereocenters. The van der Waals surface area contributed by atoms with E-state index in [1.54, 1.807) is 7.11 Å². The summed E-state index contributed by atoms with van der Waals surface area (Å²) in [5.74, 6) is 1.59. The van der Waals surface area contributed by atoms with Crippen LogP contribution in [0.1, 0.15) is 22.4 Å². The van der Waals surface area contributed by atoms with Crippen LogP contribution in [0.3, 0.4) is 0 Å². The fraction of sp³-hybridized carbons (Fsp3) is 0.250. The normalized spacial score (nSPS) is 9.90. The van der Waals surface area contributed by atoms with Gasteiger partial charge in [-0.1, -0.05) is 18.2 Å². The van der Waals surface area contributed by atoms with Crippen LogP contribution in [0.5, 0.6) is 5.75 Å². The molecule has 0 saturated carbocycles. The number of hydrogen-bond donors (Lipinski definition) is 1. The third-order valence-corrected chi connectivity index (χ3v) is 3.14. The summed E-state index contributed by atoms with van der Waals surface area (Å²) in [6, 6.07) is 11.9. The lowest BCUT2D eigenvalue weighted by molar-refractivity contribution is 0.411. The number of ether oxygens (including phenoxy) is 1. The highest BCUT2D eigenvalue weighted by molar-refractivity contribution is 5.44. The number of hydrogen-bond acceptors (Lipinski definition) is 4. The Morgan fingerprint density at radius 1 is 1.20 bits per heavy atom. The molecule has 2 aromatic rings. The molecule has 0 unspecified atom stereocenters. The maximum Gasteiger partial charge on any atom is 0.145 e. The van der Waals surface area contributed by atoms with Crippen molar-refractivity contribution >= 4 is 5.82 Å². The molecule has 0 aliphatic rings. The van der Waals surface area contributed by atoms with E-state index in [0.717, 1.165) is 22.4 Å². The molecule has 20 heavy (non-hydrogen) atoms. The molecule has 1 heterocycles. The summed E-state index contributed by atoms with van der Waals surface area (Å²) in [6.07, 6.45) is 0. The van der Waals surface area contributed by atoms with E-state index in [0.29, 0.717) is 18.1 Å². The Hall–Kier alpha value is -2.54. The molecule has 0 radical (unpaired) electrons. The van der Waals surface area contributed by atoms with Gasteiger partial charge in [0.05, 0.1) is 7.11 Å². The Kier molecular flexibility index (Phi) is 4.21. The number of nitriles is 1. The van der Waals surface area contributed by atoms with Crippen molar-refractivity contribution in [3.8, 4) is 11.8 Å². The summed E-state index contributed by atoms with van der Waals surface area (Å²) >= 11 is 0. The van der Waals surface area contributed by atoms with E-state index in [1.165, 1.54) is 0 Å². The number of aromatic nitrogens is 1. The summed E-state index contributed by atoms with van der Waals surface area (Å²) in [7, 11) is 1.67. The zero-order chi connectivity index (χ0) is 14.5. The van der Waals surface area contributed by atoms with Crippen LogP contribution in [-0.2, 0) is 6.54 Å². The van der Waals surface area contributed by atoms with Gasteiger partial charge in [-0.2, -0.15) is 5.26 Å². The second-order valence-electron chi connectivity index (χ2n) is 4.63. The highest BCUT2D eigenvalue weighted by Crippen LogP contribution is 2.19. The zero-order valence-corrected chi connectivity index (χ0v) is 11.9. The topological polar surface area (TPSA) is 57.9 Å². The van der Waals surface area contributed by atoms with Crippen molar-refractivity contribution in [1.82, 2.24) is 4.98 Å². The average Bonchev–Trinajstić information content (AvgIpc) is 2.46. The van der Waals surface area contributed by atoms with E-state index < -0.39 is 0 Å². The van der Waals surface area contributed by atoms with Crippen LogP contribution < -0.4 is 10.1 Å². The maximum absolute atomic E-state index is 8.97. The minimum Gasteiger partial charge on any atom is -0.496 e. The van der Waals surface area contributed by atoms with Crippen LogP contribution >= 0.6 is 0 Å². The van der Waals surface area contributed by atoms with Gasteiger partial charge in [0, 0.05) is 6.54 Å². The maximum atomic E-state index is 8.97. The summed E-state index contributed by atoms with van der Waals surface area (Å²) < 4.78 is 5.24. The molecule has 1 aromatic carbocycles. The average molecular weight is 267 g/mol. The minimum absolute atomic E-state index is 0.459. The number of methoxy groups -OCH3 is 1. The molecule has 0 amide bonds. The number of pyridine rings is 1. The molecule has 1 aromatic heterocycles. The molecule has 0 fully saturated rings. The third kappa shape index (κ3) is 3.07. The van der Waals surface area contributed by atoms with Crippen molar-refractivity contribution in [2.24, 2.45) is 0 Å². The number of nitrogens with one attached hydrogen (secondary N) is 1. The Balaban J connectivity index is 2.09. The van der Waals surface area contributed by atoms with Gasteiger partial charge < -0.3 is 10.1 Å². The molecular weight excluding hydrogens is 250 g/mol. The van der Waals surface area contributed by atoms with Crippen molar-refractivity contribution in [3.63, 3.8) is 0 Å². The van der Waals surface area contributed by atoms with Crippen LogP contribution in [0.4, 0.5) is 5.82 Å². The summed E-state index contributed by atoms with van der Waals surface area (Å²) in [4.78, 5) is 4.27. The third-order valence-electron chi connectivity index (χ3n) is 3.14. The summed E-state index contributed by atoms with van der Waals surface area (Å²) in [5.41, 5.74) is 3.59. The molecule has 0 saturated heterocycles. The molecule has 0 bridgehead atoms. The molecule has 0 aliphatic heterocycles. The van der Waals surface area contributed by atoms with Gasteiger partial charge in [-0.05, 0) is 42.7 Å². The van der Waals surface area contributed by atoms with Crippen molar-refractivity contribution in [2.75, 3.05) is 12.4 Å². The first-order valence-electron chi connectivity index (χ1n) is 6.39. The summed E-state index contributed by atoms with van der Waals surface area (Å²) in [6.45, 7) is 4.55. The van der Waals surface area contributed by atoms with Gasteiger partial charge in [-0.25, -0.2) is 4.98 Å². The van der Waals surface area contributed by atoms with Crippen molar-refractivity contribution in [1.29, 1.82) is 5.26 Å². The van der Waals surface area contributed by atoms with Crippen LogP contribution in [0.25, 0.3) is 0 Å². The smallest absolute Gasteiger partial charge is 0.145 e. The standard InChI is InChI=1S/C16H17N3O/c1-11-4-7-16(19-14(11)9-17)18-10-13-5-6-15(20-3)12(2)8-13/h4-8H,10H2,1-3H3,(H,18,19). The Bertz CT molecular complexity index is 659. The number of aryl methyl sites for hydroxylation is 2. The van der Waals surface area contributed by atoms with Crippen LogP contribution in [0, 0.1) is 25.2 Å². The second-order valence-corrected chi connectivity index (χ2v) is 4.63.